The zero-order valence-corrected chi connectivity index (χ0v) is 15.8. The summed E-state index contributed by atoms with van der Waals surface area (Å²) in [5.41, 5.74) is 12.0. The number of likely N-dealkylation sites (tertiary alicyclic amines) is 1. The first-order valence-corrected chi connectivity index (χ1v) is 9.58. The van der Waals surface area contributed by atoms with Crippen LogP contribution < -0.4 is 16.8 Å². The Morgan fingerprint density at radius 2 is 1.82 bits per heavy atom. The number of benzene rings is 1. The minimum Gasteiger partial charge on any atom is -0.366 e. The molecule has 0 saturated carbocycles. The van der Waals surface area contributed by atoms with Gasteiger partial charge in [-0.1, -0.05) is 18.2 Å². The molecule has 0 spiro atoms. The van der Waals surface area contributed by atoms with E-state index in [2.05, 4.69) is 5.32 Å². The summed E-state index contributed by atoms with van der Waals surface area (Å²) in [5.74, 6) is -1.42. The smallest absolute Gasteiger partial charge is 0.264 e. The topological polar surface area (TPSA) is 136 Å². The molecule has 1 aliphatic heterocycles. The summed E-state index contributed by atoms with van der Waals surface area (Å²) < 4.78 is 0. The average Bonchev–Trinajstić information content (AvgIpc) is 3.13. The maximum absolute atomic E-state index is 12.3. The standard InChI is InChI=1S/C19H20N4O4S/c20-17(25)12-7-15(28-10-12)19(27)23-8-13(9-23)22-16(24)6-5-11-3-1-2-4-14(11)18(21)26/h1-4,7,10,13H,5-6,8-9H2,(H2,20,25)(H2,21,26)(H,22,24). The van der Waals surface area contributed by atoms with Gasteiger partial charge >= 0.3 is 0 Å². The van der Waals surface area contributed by atoms with Crippen molar-refractivity contribution < 1.29 is 19.2 Å². The number of aryl methyl sites for hydroxylation is 1. The van der Waals surface area contributed by atoms with Crippen molar-refractivity contribution >= 4 is 35.0 Å². The van der Waals surface area contributed by atoms with E-state index in [9.17, 15) is 19.2 Å². The predicted octanol–water partition coefficient (Wildman–Crippen LogP) is 0.519. The van der Waals surface area contributed by atoms with Crippen molar-refractivity contribution in [1.82, 2.24) is 10.2 Å². The maximum Gasteiger partial charge on any atom is 0.264 e. The minimum atomic E-state index is -0.568. The fourth-order valence-electron chi connectivity index (χ4n) is 3.00. The van der Waals surface area contributed by atoms with Crippen molar-refractivity contribution in [2.24, 2.45) is 11.5 Å². The number of carbonyl (C=O) groups excluding carboxylic acids is 4. The number of nitrogens with zero attached hydrogens (tertiary/aromatic N) is 1. The summed E-state index contributed by atoms with van der Waals surface area (Å²) in [6.45, 7) is 0.818. The van der Waals surface area contributed by atoms with Gasteiger partial charge in [0.25, 0.3) is 5.91 Å². The number of amides is 4. The number of thiophene rings is 1. The Morgan fingerprint density at radius 3 is 2.46 bits per heavy atom. The fraction of sp³-hybridized carbons (Fsp3) is 0.263. The molecular formula is C19H20N4O4S. The number of rotatable bonds is 7. The molecular weight excluding hydrogens is 380 g/mol. The Kier molecular flexibility index (Phi) is 5.74. The van der Waals surface area contributed by atoms with E-state index < -0.39 is 11.8 Å². The molecule has 8 nitrogen and oxygen atoms in total. The Morgan fingerprint density at radius 1 is 1.11 bits per heavy atom. The second kappa shape index (κ2) is 8.22. The third-order valence-corrected chi connectivity index (χ3v) is 5.45. The lowest BCUT2D eigenvalue weighted by molar-refractivity contribution is -0.122. The molecule has 3 rings (SSSR count). The van der Waals surface area contributed by atoms with Crippen LogP contribution in [0.25, 0.3) is 0 Å². The number of nitrogens with two attached hydrogens (primary N) is 2. The van der Waals surface area contributed by atoms with Gasteiger partial charge < -0.3 is 21.7 Å². The molecule has 0 radical (unpaired) electrons. The molecule has 1 aromatic heterocycles. The van der Waals surface area contributed by atoms with E-state index >= 15 is 0 Å². The number of carbonyl (C=O) groups is 4. The van der Waals surface area contributed by atoms with E-state index in [4.69, 9.17) is 11.5 Å². The normalized spacial score (nSPS) is 13.6. The van der Waals surface area contributed by atoms with E-state index in [1.54, 1.807) is 34.5 Å². The largest absolute Gasteiger partial charge is 0.366 e. The highest BCUT2D eigenvalue weighted by atomic mass is 32.1. The van der Waals surface area contributed by atoms with Crippen LogP contribution in [-0.4, -0.2) is 47.7 Å². The zero-order valence-electron chi connectivity index (χ0n) is 15.0. The molecule has 4 amide bonds. The van der Waals surface area contributed by atoms with Gasteiger partial charge in [0.1, 0.15) is 0 Å². The molecule has 0 bridgehead atoms. The fourth-order valence-corrected chi connectivity index (χ4v) is 3.86. The molecule has 146 valence electrons. The Bertz CT molecular complexity index is 934. The molecule has 1 fully saturated rings. The number of nitrogens with one attached hydrogen (secondary N) is 1. The highest BCUT2D eigenvalue weighted by Crippen LogP contribution is 2.20. The molecule has 1 aromatic carbocycles. The zero-order chi connectivity index (χ0) is 20.3. The van der Waals surface area contributed by atoms with E-state index in [0.29, 0.717) is 35.5 Å². The number of primary amides is 2. The summed E-state index contributed by atoms with van der Waals surface area (Å²) in [5, 5.41) is 4.43. The van der Waals surface area contributed by atoms with Crippen molar-refractivity contribution in [2.45, 2.75) is 18.9 Å². The van der Waals surface area contributed by atoms with Crippen molar-refractivity contribution in [3.8, 4) is 0 Å². The lowest BCUT2D eigenvalue weighted by Gasteiger charge is -2.39. The molecule has 2 aromatic rings. The summed E-state index contributed by atoms with van der Waals surface area (Å²) in [7, 11) is 0. The lowest BCUT2D eigenvalue weighted by atomic mass is 10.0. The highest BCUT2D eigenvalue weighted by Gasteiger charge is 2.32. The van der Waals surface area contributed by atoms with Crippen molar-refractivity contribution in [3.63, 3.8) is 0 Å². The summed E-state index contributed by atoms with van der Waals surface area (Å²) >= 11 is 1.17. The first kappa shape index (κ1) is 19.6. The van der Waals surface area contributed by atoms with Gasteiger partial charge in [0.2, 0.25) is 17.7 Å². The monoisotopic (exact) mass is 400 g/mol. The van der Waals surface area contributed by atoms with Crippen LogP contribution >= 0.6 is 11.3 Å². The summed E-state index contributed by atoms with van der Waals surface area (Å²) in [4.78, 5) is 49.1. The minimum absolute atomic E-state index is 0.113. The molecule has 0 atom stereocenters. The molecule has 9 heteroatoms. The van der Waals surface area contributed by atoms with Gasteiger partial charge in [-0.15, -0.1) is 11.3 Å². The second-order valence-electron chi connectivity index (χ2n) is 6.56. The van der Waals surface area contributed by atoms with E-state index in [-0.39, 0.29) is 24.3 Å². The third-order valence-electron chi connectivity index (χ3n) is 4.53. The van der Waals surface area contributed by atoms with Gasteiger partial charge in [-0.3, -0.25) is 19.2 Å². The van der Waals surface area contributed by atoms with Gasteiger partial charge in [-0.2, -0.15) is 0 Å². The molecule has 1 aliphatic rings. The van der Waals surface area contributed by atoms with Crippen molar-refractivity contribution in [3.05, 3.63) is 57.3 Å². The quantitative estimate of drug-likeness (QED) is 0.624. The van der Waals surface area contributed by atoms with Gasteiger partial charge in [0, 0.05) is 30.5 Å². The number of hydrogen-bond donors (Lipinski definition) is 3. The van der Waals surface area contributed by atoms with Crippen LogP contribution in [0.2, 0.25) is 0 Å². The first-order valence-electron chi connectivity index (χ1n) is 8.70. The molecule has 2 heterocycles. The van der Waals surface area contributed by atoms with E-state index in [1.165, 1.54) is 17.4 Å². The van der Waals surface area contributed by atoms with Crippen LogP contribution in [0.5, 0.6) is 0 Å². The maximum atomic E-state index is 12.3. The summed E-state index contributed by atoms with van der Waals surface area (Å²) in [6.07, 6.45) is 0.632. The van der Waals surface area contributed by atoms with E-state index in [1.807, 2.05) is 0 Å². The highest BCUT2D eigenvalue weighted by molar-refractivity contribution is 7.12. The van der Waals surface area contributed by atoms with Crippen molar-refractivity contribution in [2.75, 3.05) is 13.1 Å². The molecule has 0 unspecified atom stereocenters. The van der Waals surface area contributed by atoms with Crippen molar-refractivity contribution in [1.29, 1.82) is 0 Å². The molecule has 1 saturated heterocycles. The SMILES string of the molecule is NC(=O)c1csc(C(=O)N2CC(NC(=O)CCc3ccccc3C(N)=O)C2)c1. The molecule has 5 N–H and O–H groups in total. The van der Waals surface area contributed by atoms with Crippen LogP contribution in [0.15, 0.2) is 35.7 Å². The van der Waals surface area contributed by atoms with E-state index in [0.717, 1.165) is 5.56 Å². The molecule has 28 heavy (non-hydrogen) atoms. The first-order chi connectivity index (χ1) is 13.3. The van der Waals surface area contributed by atoms with Crippen LogP contribution in [0, 0.1) is 0 Å². The molecule has 0 aliphatic carbocycles. The van der Waals surface area contributed by atoms with Crippen LogP contribution in [-0.2, 0) is 11.2 Å². The predicted molar refractivity (Wildman–Crippen MR) is 104 cm³/mol. The Balaban J connectivity index is 1.45. The number of hydrogen-bond acceptors (Lipinski definition) is 5. The van der Waals surface area contributed by atoms with Crippen LogP contribution in [0.3, 0.4) is 0 Å². The second-order valence-corrected chi connectivity index (χ2v) is 7.47. The van der Waals surface area contributed by atoms with Crippen LogP contribution in [0.4, 0.5) is 0 Å². The van der Waals surface area contributed by atoms with Gasteiger partial charge in [-0.25, -0.2) is 0 Å². The Labute approximate surface area is 165 Å². The Hall–Kier alpha value is -3.20. The van der Waals surface area contributed by atoms with Crippen LogP contribution in [0.1, 0.15) is 42.4 Å². The van der Waals surface area contributed by atoms with Gasteiger partial charge in [-0.05, 0) is 24.1 Å². The lowest BCUT2D eigenvalue weighted by Crippen LogP contribution is -2.60. The third kappa shape index (κ3) is 4.37. The van der Waals surface area contributed by atoms with Gasteiger partial charge in [0.15, 0.2) is 0 Å². The average molecular weight is 400 g/mol. The summed E-state index contributed by atoms with van der Waals surface area (Å²) in [6, 6.07) is 8.31. The van der Waals surface area contributed by atoms with Gasteiger partial charge in [0.05, 0.1) is 16.5 Å².